The Hall–Kier alpha value is -0.810. The molecule has 0 aromatic rings. The van der Waals surface area contributed by atoms with Crippen molar-refractivity contribution in [1.29, 1.82) is 0 Å². The number of guanidine groups is 1. The van der Waals surface area contributed by atoms with Crippen LogP contribution in [0.2, 0.25) is 0 Å². The molecule has 0 aromatic heterocycles. The van der Waals surface area contributed by atoms with Crippen molar-refractivity contribution in [2.24, 2.45) is 16.8 Å². The van der Waals surface area contributed by atoms with E-state index in [1.54, 1.807) is 7.05 Å². The molecule has 0 atom stereocenters. The van der Waals surface area contributed by atoms with Crippen molar-refractivity contribution in [3.8, 4) is 0 Å². The molecular formula is C9H21N5. The predicted octanol–water partition coefficient (Wildman–Crippen LogP) is -0.633. The summed E-state index contributed by atoms with van der Waals surface area (Å²) in [5, 5.41) is 3.20. The third-order valence-electron chi connectivity index (χ3n) is 2.76. The van der Waals surface area contributed by atoms with E-state index in [0.29, 0.717) is 5.96 Å². The van der Waals surface area contributed by atoms with Crippen molar-refractivity contribution < 1.29 is 0 Å². The van der Waals surface area contributed by atoms with Gasteiger partial charge in [0.1, 0.15) is 0 Å². The van der Waals surface area contributed by atoms with Crippen LogP contribution in [0.1, 0.15) is 12.8 Å². The Morgan fingerprint density at radius 2 is 2.14 bits per heavy atom. The number of nitrogens with zero attached hydrogens (tertiary/aromatic N) is 2. The van der Waals surface area contributed by atoms with Crippen LogP contribution >= 0.6 is 0 Å². The Balaban J connectivity index is 2.18. The lowest BCUT2D eigenvalue weighted by atomic mass is 9.97. The van der Waals surface area contributed by atoms with E-state index in [1.165, 1.54) is 25.9 Å². The summed E-state index contributed by atoms with van der Waals surface area (Å²) in [5.74, 6) is 6.69. The first kappa shape index (κ1) is 11.3. The largest absolute Gasteiger partial charge is 0.355 e. The summed E-state index contributed by atoms with van der Waals surface area (Å²) in [6, 6.07) is 0. The third-order valence-corrected chi connectivity index (χ3v) is 2.76. The Kier molecular flexibility index (Phi) is 4.69. The zero-order valence-corrected chi connectivity index (χ0v) is 9.08. The first-order valence-electron chi connectivity index (χ1n) is 5.12. The average Bonchev–Trinajstić information content (AvgIpc) is 2.22. The fraction of sp³-hybridized carbons (Fsp3) is 0.889. The Morgan fingerprint density at radius 1 is 1.50 bits per heavy atom. The quantitative estimate of drug-likeness (QED) is 0.240. The molecule has 1 aliphatic heterocycles. The first-order valence-corrected chi connectivity index (χ1v) is 5.12. The molecule has 0 unspecified atom stereocenters. The van der Waals surface area contributed by atoms with Crippen molar-refractivity contribution in [3.63, 3.8) is 0 Å². The highest BCUT2D eigenvalue weighted by Crippen LogP contribution is 2.14. The number of nitrogens with two attached hydrogens (primary N) is 1. The van der Waals surface area contributed by atoms with Crippen LogP contribution in [0.15, 0.2) is 4.99 Å². The number of nitrogens with one attached hydrogen (secondary N) is 2. The molecule has 0 aromatic carbocycles. The van der Waals surface area contributed by atoms with E-state index in [-0.39, 0.29) is 0 Å². The van der Waals surface area contributed by atoms with Gasteiger partial charge in [0.15, 0.2) is 0 Å². The summed E-state index contributed by atoms with van der Waals surface area (Å²) >= 11 is 0. The van der Waals surface area contributed by atoms with E-state index >= 15 is 0 Å². The van der Waals surface area contributed by atoms with Gasteiger partial charge in [-0.15, -0.1) is 0 Å². The molecule has 0 spiro atoms. The topological polar surface area (TPSA) is 65.7 Å². The maximum absolute atomic E-state index is 5.27. The van der Waals surface area contributed by atoms with Gasteiger partial charge in [-0.25, -0.2) is 5.84 Å². The van der Waals surface area contributed by atoms with Crippen LogP contribution in [0, 0.1) is 5.92 Å². The van der Waals surface area contributed by atoms with E-state index in [2.05, 4.69) is 27.7 Å². The fourth-order valence-corrected chi connectivity index (χ4v) is 1.70. The lowest BCUT2D eigenvalue weighted by molar-refractivity contribution is 0.220. The maximum atomic E-state index is 5.27. The molecule has 1 saturated heterocycles. The number of hydrazine groups is 1. The molecule has 0 saturated carbocycles. The minimum atomic E-state index is 0.670. The molecular weight excluding hydrogens is 178 g/mol. The van der Waals surface area contributed by atoms with E-state index in [1.807, 2.05) is 0 Å². The first-order chi connectivity index (χ1) is 6.76. The van der Waals surface area contributed by atoms with Crippen molar-refractivity contribution in [2.45, 2.75) is 12.8 Å². The van der Waals surface area contributed by atoms with Crippen LogP contribution in [0.5, 0.6) is 0 Å². The maximum Gasteiger partial charge on any atom is 0.205 e. The van der Waals surface area contributed by atoms with Gasteiger partial charge in [0.2, 0.25) is 5.96 Å². The summed E-state index contributed by atoms with van der Waals surface area (Å²) < 4.78 is 0. The molecule has 0 bridgehead atoms. The number of aliphatic imine (C=N–C) groups is 1. The van der Waals surface area contributed by atoms with Gasteiger partial charge in [-0.1, -0.05) is 0 Å². The molecule has 1 rings (SSSR count). The normalized spacial score (nSPS) is 20.9. The number of hydrogen-bond acceptors (Lipinski definition) is 3. The van der Waals surface area contributed by atoms with Crippen LogP contribution in [0.4, 0.5) is 0 Å². The average molecular weight is 199 g/mol. The second-order valence-corrected chi connectivity index (χ2v) is 3.84. The molecule has 0 aliphatic carbocycles. The summed E-state index contributed by atoms with van der Waals surface area (Å²) in [7, 11) is 3.89. The smallest absolute Gasteiger partial charge is 0.205 e. The number of rotatable bonds is 2. The van der Waals surface area contributed by atoms with Gasteiger partial charge in [-0.3, -0.25) is 10.4 Å². The SMILES string of the molecule is CN=C(NN)NCC1CCN(C)CC1. The highest BCUT2D eigenvalue weighted by atomic mass is 15.3. The number of likely N-dealkylation sites (tertiary alicyclic amines) is 1. The molecule has 5 nitrogen and oxygen atoms in total. The van der Waals surface area contributed by atoms with Gasteiger partial charge in [0.25, 0.3) is 0 Å². The molecule has 0 amide bonds. The zero-order chi connectivity index (χ0) is 10.4. The molecule has 82 valence electrons. The molecule has 0 radical (unpaired) electrons. The lowest BCUT2D eigenvalue weighted by Gasteiger charge is -2.29. The van der Waals surface area contributed by atoms with Crippen molar-refractivity contribution in [2.75, 3.05) is 33.7 Å². The van der Waals surface area contributed by atoms with Crippen LogP contribution < -0.4 is 16.6 Å². The molecule has 4 N–H and O–H groups in total. The molecule has 1 heterocycles. The Labute approximate surface area is 85.7 Å². The highest BCUT2D eigenvalue weighted by molar-refractivity contribution is 5.78. The van der Waals surface area contributed by atoms with Crippen molar-refractivity contribution in [3.05, 3.63) is 0 Å². The monoisotopic (exact) mass is 199 g/mol. The van der Waals surface area contributed by atoms with E-state index in [4.69, 9.17) is 5.84 Å². The van der Waals surface area contributed by atoms with Crippen LogP contribution in [-0.2, 0) is 0 Å². The molecule has 1 aliphatic rings. The lowest BCUT2D eigenvalue weighted by Crippen LogP contribution is -2.44. The second kappa shape index (κ2) is 5.82. The second-order valence-electron chi connectivity index (χ2n) is 3.84. The van der Waals surface area contributed by atoms with Gasteiger partial charge >= 0.3 is 0 Å². The standard InChI is InChI=1S/C9H21N5/c1-11-9(13-10)12-7-8-3-5-14(2)6-4-8/h8H,3-7,10H2,1-2H3,(H2,11,12,13). The minimum absolute atomic E-state index is 0.670. The van der Waals surface area contributed by atoms with Crippen LogP contribution in [0.25, 0.3) is 0 Å². The number of hydrogen-bond donors (Lipinski definition) is 3. The van der Waals surface area contributed by atoms with Gasteiger partial charge in [-0.2, -0.15) is 0 Å². The van der Waals surface area contributed by atoms with Gasteiger partial charge < -0.3 is 10.2 Å². The van der Waals surface area contributed by atoms with Crippen molar-refractivity contribution in [1.82, 2.24) is 15.6 Å². The molecule has 14 heavy (non-hydrogen) atoms. The fourth-order valence-electron chi connectivity index (χ4n) is 1.70. The van der Waals surface area contributed by atoms with Gasteiger partial charge in [0, 0.05) is 13.6 Å². The summed E-state index contributed by atoms with van der Waals surface area (Å²) in [4.78, 5) is 6.33. The zero-order valence-electron chi connectivity index (χ0n) is 9.08. The van der Waals surface area contributed by atoms with Crippen molar-refractivity contribution >= 4 is 5.96 Å². The summed E-state index contributed by atoms with van der Waals surface area (Å²) in [5.41, 5.74) is 2.53. The summed E-state index contributed by atoms with van der Waals surface area (Å²) in [6.45, 7) is 3.35. The van der Waals surface area contributed by atoms with E-state index in [0.717, 1.165) is 12.5 Å². The third kappa shape index (κ3) is 3.51. The van der Waals surface area contributed by atoms with E-state index < -0.39 is 0 Å². The van der Waals surface area contributed by atoms with Gasteiger partial charge in [0.05, 0.1) is 0 Å². The predicted molar refractivity (Wildman–Crippen MR) is 58.9 cm³/mol. The van der Waals surface area contributed by atoms with E-state index in [9.17, 15) is 0 Å². The Morgan fingerprint density at radius 3 is 2.64 bits per heavy atom. The molecule has 5 heteroatoms. The molecule has 1 fully saturated rings. The van der Waals surface area contributed by atoms with Crippen LogP contribution in [-0.4, -0.2) is 44.6 Å². The Bertz CT molecular complexity index is 184. The highest BCUT2D eigenvalue weighted by Gasteiger charge is 2.16. The van der Waals surface area contributed by atoms with Crippen LogP contribution in [0.3, 0.4) is 0 Å². The minimum Gasteiger partial charge on any atom is -0.355 e. The number of piperidine rings is 1. The van der Waals surface area contributed by atoms with Gasteiger partial charge in [-0.05, 0) is 38.9 Å². The summed E-state index contributed by atoms with van der Waals surface area (Å²) in [6.07, 6.45) is 2.51.